The van der Waals surface area contributed by atoms with E-state index in [9.17, 15) is 4.79 Å². The van der Waals surface area contributed by atoms with Gasteiger partial charge in [-0.15, -0.1) is 0 Å². The standard InChI is InChI=1S/C12H23NO2/c1-10(2)5-8-15-11(14)12(3)6-4-7-13-9-12/h10,13H,4-9H2,1-3H3. The zero-order chi connectivity index (χ0) is 11.3. The number of rotatable bonds is 4. The quantitative estimate of drug-likeness (QED) is 0.726. The fourth-order valence-electron chi connectivity index (χ4n) is 1.79. The van der Waals surface area contributed by atoms with E-state index in [1.54, 1.807) is 0 Å². The second-order valence-corrected chi connectivity index (χ2v) is 5.16. The van der Waals surface area contributed by atoms with Gasteiger partial charge in [-0.05, 0) is 38.6 Å². The van der Waals surface area contributed by atoms with Crippen LogP contribution in [-0.2, 0) is 9.53 Å². The van der Waals surface area contributed by atoms with E-state index in [1.807, 2.05) is 6.92 Å². The molecule has 1 atom stereocenters. The van der Waals surface area contributed by atoms with Crippen LogP contribution in [-0.4, -0.2) is 25.7 Å². The van der Waals surface area contributed by atoms with Crippen molar-refractivity contribution in [1.29, 1.82) is 0 Å². The molecule has 0 saturated carbocycles. The van der Waals surface area contributed by atoms with Gasteiger partial charge in [-0.3, -0.25) is 4.79 Å². The van der Waals surface area contributed by atoms with Gasteiger partial charge in [-0.1, -0.05) is 13.8 Å². The first-order valence-electron chi connectivity index (χ1n) is 5.92. The Hall–Kier alpha value is -0.570. The van der Waals surface area contributed by atoms with E-state index in [2.05, 4.69) is 19.2 Å². The first kappa shape index (κ1) is 12.5. The molecule has 0 radical (unpaired) electrons. The summed E-state index contributed by atoms with van der Waals surface area (Å²) in [6.45, 7) is 8.61. The maximum Gasteiger partial charge on any atom is 0.313 e. The Balaban J connectivity index is 2.31. The highest BCUT2D eigenvalue weighted by molar-refractivity contribution is 5.76. The van der Waals surface area contributed by atoms with E-state index < -0.39 is 0 Å². The minimum absolute atomic E-state index is 0.0321. The molecule has 3 heteroatoms. The van der Waals surface area contributed by atoms with Crippen molar-refractivity contribution in [1.82, 2.24) is 5.32 Å². The Kier molecular flexibility index (Phi) is 4.58. The molecule has 15 heavy (non-hydrogen) atoms. The lowest BCUT2D eigenvalue weighted by Crippen LogP contribution is -2.44. The molecule has 1 aliphatic rings. The van der Waals surface area contributed by atoms with Crippen LogP contribution >= 0.6 is 0 Å². The van der Waals surface area contributed by atoms with Crippen LogP contribution in [0.3, 0.4) is 0 Å². The molecule has 0 spiro atoms. The maximum atomic E-state index is 11.8. The summed E-state index contributed by atoms with van der Waals surface area (Å²) >= 11 is 0. The van der Waals surface area contributed by atoms with Gasteiger partial charge >= 0.3 is 5.97 Å². The molecular weight excluding hydrogens is 190 g/mol. The topological polar surface area (TPSA) is 38.3 Å². The Morgan fingerprint density at radius 2 is 2.27 bits per heavy atom. The minimum atomic E-state index is -0.296. The monoisotopic (exact) mass is 213 g/mol. The minimum Gasteiger partial charge on any atom is -0.465 e. The van der Waals surface area contributed by atoms with Gasteiger partial charge in [0.05, 0.1) is 12.0 Å². The van der Waals surface area contributed by atoms with Crippen molar-refractivity contribution in [2.45, 2.75) is 40.0 Å². The highest BCUT2D eigenvalue weighted by atomic mass is 16.5. The van der Waals surface area contributed by atoms with Gasteiger partial charge in [-0.25, -0.2) is 0 Å². The molecular formula is C12H23NO2. The van der Waals surface area contributed by atoms with Gasteiger partial charge in [0.2, 0.25) is 0 Å². The normalized spacial score (nSPS) is 26.7. The van der Waals surface area contributed by atoms with Crippen LogP contribution in [0.2, 0.25) is 0 Å². The number of piperidine rings is 1. The molecule has 88 valence electrons. The van der Waals surface area contributed by atoms with Crippen molar-refractivity contribution in [3.05, 3.63) is 0 Å². The summed E-state index contributed by atoms with van der Waals surface area (Å²) in [6, 6.07) is 0. The van der Waals surface area contributed by atoms with Crippen LogP contribution in [0.5, 0.6) is 0 Å². The molecule has 0 aromatic heterocycles. The molecule has 3 nitrogen and oxygen atoms in total. The molecule has 1 rings (SSSR count). The highest BCUT2D eigenvalue weighted by Crippen LogP contribution is 2.27. The van der Waals surface area contributed by atoms with Crippen molar-refractivity contribution in [2.75, 3.05) is 19.7 Å². The second-order valence-electron chi connectivity index (χ2n) is 5.16. The number of hydrogen-bond acceptors (Lipinski definition) is 3. The molecule has 1 N–H and O–H groups in total. The average Bonchev–Trinajstić information content (AvgIpc) is 2.18. The molecule has 0 aromatic rings. The van der Waals surface area contributed by atoms with Gasteiger partial charge in [-0.2, -0.15) is 0 Å². The van der Waals surface area contributed by atoms with Crippen molar-refractivity contribution in [3.63, 3.8) is 0 Å². The number of esters is 1. The fourth-order valence-corrected chi connectivity index (χ4v) is 1.79. The predicted molar refractivity (Wildman–Crippen MR) is 60.6 cm³/mol. The van der Waals surface area contributed by atoms with Crippen molar-refractivity contribution in [3.8, 4) is 0 Å². The SMILES string of the molecule is CC(C)CCOC(=O)C1(C)CCCNC1. The molecule has 0 bridgehead atoms. The lowest BCUT2D eigenvalue weighted by molar-refractivity contribution is -0.156. The van der Waals surface area contributed by atoms with E-state index in [1.165, 1.54) is 0 Å². The van der Waals surface area contributed by atoms with Crippen molar-refractivity contribution < 1.29 is 9.53 Å². The maximum absolute atomic E-state index is 11.8. The third kappa shape index (κ3) is 3.82. The number of hydrogen-bond donors (Lipinski definition) is 1. The lowest BCUT2D eigenvalue weighted by Gasteiger charge is -2.31. The van der Waals surface area contributed by atoms with Crippen molar-refractivity contribution >= 4 is 5.97 Å². The van der Waals surface area contributed by atoms with Crippen LogP contribution in [0.1, 0.15) is 40.0 Å². The molecule has 0 aliphatic carbocycles. The van der Waals surface area contributed by atoms with Crippen LogP contribution in [0, 0.1) is 11.3 Å². The molecule has 1 heterocycles. The molecule has 1 saturated heterocycles. The first-order valence-corrected chi connectivity index (χ1v) is 5.92. The summed E-state index contributed by atoms with van der Waals surface area (Å²) in [4.78, 5) is 11.8. The Morgan fingerprint density at radius 1 is 1.53 bits per heavy atom. The Labute approximate surface area is 92.6 Å². The van der Waals surface area contributed by atoms with E-state index in [-0.39, 0.29) is 11.4 Å². The summed E-state index contributed by atoms with van der Waals surface area (Å²) in [5.41, 5.74) is -0.296. The first-order chi connectivity index (χ1) is 7.04. The molecule has 1 fully saturated rings. The molecule has 0 amide bonds. The summed E-state index contributed by atoms with van der Waals surface area (Å²) in [5.74, 6) is 0.561. The third-order valence-corrected chi connectivity index (χ3v) is 3.02. The second kappa shape index (κ2) is 5.50. The van der Waals surface area contributed by atoms with Crippen LogP contribution < -0.4 is 5.32 Å². The Bertz CT molecular complexity index is 208. The van der Waals surface area contributed by atoms with Gasteiger partial charge in [0, 0.05) is 6.54 Å². The number of ether oxygens (including phenoxy) is 1. The lowest BCUT2D eigenvalue weighted by atomic mass is 9.83. The number of carbonyl (C=O) groups is 1. The van der Waals surface area contributed by atoms with Crippen LogP contribution in [0.25, 0.3) is 0 Å². The van der Waals surface area contributed by atoms with Crippen LogP contribution in [0.15, 0.2) is 0 Å². The van der Waals surface area contributed by atoms with Gasteiger partial charge < -0.3 is 10.1 Å². The highest BCUT2D eigenvalue weighted by Gasteiger charge is 2.35. The summed E-state index contributed by atoms with van der Waals surface area (Å²) in [6.07, 6.45) is 2.96. The van der Waals surface area contributed by atoms with Gasteiger partial charge in [0.1, 0.15) is 0 Å². The molecule has 1 aliphatic heterocycles. The largest absolute Gasteiger partial charge is 0.465 e. The zero-order valence-corrected chi connectivity index (χ0v) is 10.1. The average molecular weight is 213 g/mol. The van der Waals surface area contributed by atoms with E-state index >= 15 is 0 Å². The summed E-state index contributed by atoms with van der Waals surface area (Å²) in [5, 5.41) is 3.25. The van der Waals surface area contributed by atoms with E-state index in [0.717, 1.165) is 32.4 Å². The van der Waals surface area contributed by atoms with E-state index in [4.69, 9.17) is 4.74 Å². The summed E-state index contributed by atoms with van der Waals surface area (Å²) in [7, 11) is 0. The molecule has 1 unspecified atom stereocenters. The number of nitrogens with one attached hydrogen (secondary N) is 1. The van der Waals surface area contributed by atoms with Crippen molar-refractivity contribution in [2.24, 2.45) is 11.3 Å². The summed E-state index contributed by atoms with van der Waals surface area (Å²) < 4.78 is 5.32. The van der Waals surface area contributed by atoms with Crippen LogP contribution in [0.4, 0.5) is 0 Å². The predicted octanol–water partition coefficient (Wildman–Crippen LogP) is 1.97. The van der Waals surface area contributed by atoms with E-state index in [0.29, 0.717) is 12.5 Å². The third-order valence-electron chi connectivity index (χ3n) is 3.02. The van der Waals surface area contributed by atoms with Gasteiger partial charge in [0.25, 0.3) is 0 Å². The number of carbonyl (C=O) groups excluding carboxylic acids is 1. The smallest absolute Gasteiger partial charge is 0.313 e. The molecule has 0 aromatic carbocycles. The zero-order valence-electron chi connectivity index (χ0n) is 10.1. The Morgan fingerprint density at radius 3 is 2.80 bits per heavy atom. The fraction of sp³-hybridized carbons (Fsp3) is 0.917. The van der Waals surface area contributed by atoms with Gasteiger partial charge in [0.15, 0.2) is 0 Å².